The highest BCUT2D eigenvalue weighted by molar-refractivity contribution is 5.83. The van der Waals surface area contributed by atoms with Crippen LogP contribution in [0.15, 0.2) is 0 Å². The quantitative estimate of drug-likeness (QED) is 0.706. The minimum atomic E-state index is -0.448. The molecule has 2 aliphatic rings. The first-order chi connectivity index (χ1) is 10.4. The molecule has 1 unspecified atom stereocenters. The van der Waals surface area contributed by atoms with Crippen LogP contribution in [-0.4, -0.2) is 74.2 Å². The van der Waals surface area contributed by atoms with Crippen molar-refractivity contribution in [3.63, 3.8) is 0 Å². The zero-order chi connectivity index (χ0) is 16.2. The Labute approximate surface area is 132 Å². The molecule has 6 heteroatoms. The van der Waals surface area contributed by atoms with E-state index in [4.69, 9.17) is 9.47 Å². The molecule has 2 rings (SSSR count). The van der Waals surface area contributed by atoms with Crippen molar-refractivity contribution in [2.45, 2.75) is 39.2 Å². The fourth-order valence-electron chi connectivity index (χ4n) is 3.37. The van der Waals surface area contributed by atoms with Crippen molar-refractivity contribution in [3.05, 3.63) is 0 Å². The van der Waals surface area contributed by atoms with E-state index in [9.17, 15) is 9.59 Å². The molecule has 0 aromatic heterocycles. The van der Waals surface area contributed by atoms with Crippen LogP contribution in [0.3, 0.4) is 0 Å². The second kappa shape index (κ2) is 7.42. The van der Waals surface area contributed by atoms with Gasteiger partial charge in [-0.15, -0.1) is 0 Å². The van der Waals surface area contributed by atoms with Crippen LogP contribution in [0.4, 0.5) is 0 Å². The lowest BCUT2D eigenvalue weighted by molar-refractivity contribution is -0.146. The van der Waals surface area contributed by atoms with Gasteiger partial charge >= 0.3 is 5.97 Å². The highest BCUT2D eigenvalue weighted by Gasteiger charge is 2.39. The Hall–Kier alpha value is -1.14. The van der Waals surface area contributed by atoms with Crippen LogP contribution in [0.2, 0.25) is 0 Å². The Morgan fingerprint density at radius 3 is 2.55 bits per heavy atom. The zero-order valence-electron chi connectivity index (χ0n) is 14.0. The van der Waals surface area contributed by atoms with Gasteiger partial charge in [0.2, 0.25) is 5.91 Å². The number of hydrogen-bond donors (Lipinski definition) is 0. The lowest BCUT2D eigenvalue weighted by atomic mass is 9.90. The first-order valence-corrected chi connectivity index (χ1v) is 8.12. The lowest BCUT2D eigenvalue weighted by Crippen LogP contribution is -2.50. The van der Waals surface area contributed by atoms with Crippen molar-refractivity contribution in [1.29, 1.82) is 0 Å². The molecule has 0 saturated carbocycles. The largest absolute Gasteiger partial charge is 0.469 e. The van der Waals surface area contributed by atoms with E-state index < -0.39 is 5.41 Å². The standard InChI is InChI=1S/C16H28N2O4/c1-16(2,12-17-7-9-22-10-8-17)15(20)18-6-4-5-13(18)11-14(19)21-3/h13H,4-12H2,1-3H3. The first kappa shape index (κ1) is 17.2. The third kappa shape index (κ3) is 4.20. The number of hydrogen-bond acceptors (Lipinski definition) is 5. The van der Waals surface area contributed by atoms with E-state index in [0.29, 0.717) is 6.42 Å². The summed E-state index contributed by atoms with van der Waals surface area (Å²) in [7, 11) is 1.39. The molecule has 22 heavy (non-hydrogen) atoms. The Kier molecular flexibility index (Phi) is 5.81. The van der Waals surface area contributed by atoms with E-state index in [1.165, 1.54) is 7.11 Å². The molecular formula is C16H28N2O4. The minimum Gasteiger partial charge on any atom is -0.469 e. The lowest BCUT2D eigenvalue weighted by Gasteiger charge is -2.37. The summed E-state index contributed by atoms with van der Waals surface area (Å²) in [4.78, 5) is 28.6. The Morgan fingerprint density at radius 1 is 1.23 bits per heavy atom. The van der Waals surface area contributed by atoms with Crippen molar-refractivity contribution >= 4 is 11.9 Å². The first-order valence-electron chi connectivity index (χ1n) is 8.12. The normalized spacial score (nSPS) is 23.6. The third-order valence-corrected chi connectivity index (χ3v) is 4.57. The average Bonchev–Trinajstić information content (AvgIpc) is 2.94. The van der Waals surface area contributed by atoms with Gasteiger partial charge in [-0.2, -0.15) is 0 Å². The van der Waals surface area contributed by atoms with Gasteiger partial charge in [0, 0.05) is 32.2 Å². The van der Waals surface area contributed by atoms with Gasteiger partial charge in [-0.25, -0.2) is 0 Å². The number of methoxy groups -OCH3 is 1. The van der Waals surface area contributed by atoms with Crippen LogP contribution in [0.5, 0.6) is 0 Å². The SMILES string of the molecule is COC(=O)CC1CCCN1C(=O)C(C)(C)CN1CCOCC1. The Balaban J connectivity index is 1.96. The second-order valence-corrected chi connectivity index (χ2v) is 6.85. The summed E-state index contributed by atoms with van der Waals surface area (Å²) in [5, 5.41) is 0. The monoisotopic (exact) mass is 312 g/mol. The van der Waals surface area contributed by atoms with E-state index in [1.54, 1.807) is 0 Å². The highest BCUT2D eigenvalue weighted by Crippen LogP contribution is 2.28. The number of morpholine rings is 1. The Morgan fingerprint density at radius 2 is 1.91 bits per heavy atom. The minimum absolute atomic E-state index is 0.0103. The molecule has 126 valence electrons. The number of carbonyl (C=O) groups excluding carboxylic acids is 2. The maximum atomic E-state index is 12.9. The summed E-state index contributed by atoms with van der Waals surface area (Å²) in [5.41, 5.74) is -0.448. The molecule has 6 nitrogen and oxygen atoms in total. The van der Waals surface area contributed by atoms with Crippen molar-refractivity contribution in [3.8, 4) is 0 Å². The molecule has 0 bridgehead atoms. The molecule has 0 N–H and O–H groups in total. The van der Waals surface area contributed by atoms with Crippen LogP contribution in [-0.2, 0) is 19.1 Å². The van der Waals surface area contributed by atoms with Crippen LogP contribution in [0, 0.1) is 5.41 Å². The van der Waals surface area contributed by atoms with Crippen LogP contribution in [0.1, 0.15) is 33.1 Å². The van der Waals surface area contributed by atoms with Gasteiger partial charge in [-0.1, -0.05) is 0 Å². The summed E-state index contributed by atoms with van der Waals surface area (Å²) in [6.07, 6.45) is 2.14. The number of amides is 1. The number of likely N-dealkylation sites (tertiary alicyclic amines) is 1. The van der Waals surface area contributed by atoms with Gasteiger partial charge < -0.3 is 14.4 Å². The fourth-order valence-corrected chi connectivity index (χ4v) is 3.37. The zero-order valence-corrected chi connectivity index (χ0v) is 14.0. The molecule has 0 spiro atoms. The van der Waals surface area contributed by atoms with E-state index in [0.717, 1.165) is 52.2 Å². The molecule has 0 radical (unpaired) electrons. The highest BCUT2D eigenvalue weighted by atomic mass is 16.5. The smallest absolute Gasteiger partial charge is 0.307 e. The van der Waals surface area contributed by atoms with Gasteiger partial charge in [-0.3, -0.25) is 14.5 Å². The average molecular weight is 312 g/mol. The molecule has 0 aliphatic carbocycles. The molecule has 1 atom stereocenters. The molecule has 0 aromatic rings. The van der Waals surface area contributed by atoms with E-state index in [2.05, 4.69) is 4.90 Å². The predicted octanol–water partition coefficient (Wildman–Crippen LogP) is 0.899. The summed E-state index contributed by atoms with van der Waals surface area (Å²) in [6.45, 7) is 8.70. The molecule has 1 amide bonds. The fraction of sp³-hybridized carbons (Fsp3) is 0.875. The van der Waals surface area contributed by atoms with E-state index >= 15 is 0 Å². The molecule has 2 saturated heterocycles. The van der Waals surface area contributed by atoms with Crippen LogP contribution >= 0.6 is 0 Å². The van der Waals surface area contributed by atoms with Gasteiger partial charge in [-0.05, 0) is 26.7 Å². The van der Waals surface area contributed by atoms with Gasteiger partial charge in [0.15, 0.2) is 0 Å². The number of carbonyl (C=O) groups is 2. The second-order valence-electron chi connectivity index (χ2n) is 6.85. The van der Waals surface area contributed by atoms with Gasteiger partial charge in [0.1, 0.15) is 0 Å². The number of ether oxygens (including phenoxy) is 2. The number of nitrogens with zero attached hydrogens (tertiary/aromatic N) is 2. The summed E-state index contributed by atoms with van der Waals surface area (Å²) in [5.74, 6) is -0.0962. The number of esters is 1. The van der Waals surface area contributed by atoms with Crippen molar-refractivity contribution in [2.75, 3.05) is 46.5 Å². The predicted molar refractivity (Wildman–Crippen MR) is 82.4 cm³/mol. The molecule has 0 aromatic carbocycles. The van der Waals surface area contributed by atoms with E-state index in [1.807, 2.05) is 18.7 Å². The van der Waals surface area contributed by atoms with Crippen molar-refractivity contribution in [2.24, 2.45) is 5.41 Å². The summed E-state index contributed by atoms with van der Waals surface area (Å²) < 4.78 is 10.1. The third-order valence-electron chi connectivity index (χ3n) is 4.57. The summed E-state index contributed by atoms with van der Waals surface area (Å²) >= 11 is 0. The molecular weight excluding hydrogens is 284 g/mol. The molecule has 2 heterocycles. The van der Waals surface area contributed by atoms with Gasteiger partial charge in [0.25, 0.3) is 0 Å². The number of rotatable bonds is 5. The maximum Gasteiger partial charge on any atom is 0.307 e. The van der Waals surface area contributed by atoms with Gasteiger partial charge in [0.05, 0.1) is 32.2 Å². The van der Waals surface area contributed by atoms with Crippen molar-refractivity contribution in [1.82, 2.24) is 9.80 Å². The van der Waals surface area contributed by atoms with Crippen LogP contribution in [0.25, 0.3) is 0 Å². The summed E-state index contributed by atoms with van der Waals surface area (Å²) in [6, 6.07) is -0.0103. The van der Waals surface area contributed by atoms with Crippen molar-refractivity contribution < 1.29 is 19.1 Å². The molecule has 2 aliphatic heterocycles. The van der Waals surface area contributed by atoms with E-state index in [-0.39, 0.29) is 17.9 Å². The van der Waals surface area contributed by atoms with Crippen LogP contribution < -0.4 is 0 Å². The molecule has 2 fully saturated rings. The maximum absolute atomic E-state index is 12.9. The Bertz CT molecular complexity index is 405. The topological polar surface area (TPSA) is 59.1 Å².